The third-order valence-electron chi connectivity index (χ3n) is 5.98. The molecule has 0 spiro atoms. The average Bonchev–Trinajstić information content (AvgIpc) is 3.06. The van der Waals surface area contributed by atoms with Crippen LogP contribution in [0.15, 0.2) is 48.5 Å². The van der Waals surface area contributed by atoms with E-state index in [9.17, 15) is 14.7 Å². The Bertz CT molecular complexity index is 907. The molecule has 0 aromatic heterocycles. The number of ether oxygens (including phenoxy) is 1. The predicted molar refractivity (Wildman–Crippen MR) is 114 cm³/mol. The second kappa shape index (κ2) is 8.75. The monoisotopic (exact) mass is 409 g/mol. The number of hydrogen-bond acceptors (Lipinski definition) is 6. The fourth-order valence-corrected chi connectivity index (χ4v) is 4.23. The quantitative estimate of drug-likeness (QED) is 0.735. The summed E-state index contributed by atoms with van der Waals surface area (Å²) >= 11 is 0. The number of para-hydroxylation sites is 2. The number of nitrogens with zero attached hydrogens (tertiary/aromatic N) is 3. The van der Waals surface area contributed by atoms with E-state index in [1.807, 2.05) is 36.4 Å². The minimum atomic E-state index is -0.375. The Labute approximate surface area is 176 Å². The van der Waals surface area contributed by atoms with Gasteiger partial charge in [-0.25, -0.2) is 0 Å². The molecule has 2 aliphatic heterocycles. The number of methoxy groups -OCH3 is 1. The summed E-state index contributed by atoms with van der Waals surface area (Å²) in [5.41, 5.74) is 1.88. The molecule has 2 aromatic carbocycles. The van der Waals surface area contributed by atoms with Gasteiger partial charge in [-0.3, -0.25) is 19.4 Å². The number of imide groups is 1. The summed E-state index contributed by atoms with van der Waals surface area (Å²) in [6.07, 6.45) is 0.882. The van der Waals surface area contributed by atoms with Crippen molar-refractivity contribution in [3.8, 4) is 11.5 Å². The number of carbonyl (C=O) groups is 2. The van der Waals surface area contributed by atoms with Gasteiger partial charge in [-0.2, -0.15) is 0 Å². The number of benzene rings is 2. The minimum absolute atomic E-state index is 0.0930. The molecule has 0 bridgehead atoms. The third-order valence-corrected chi connectivity index (χ3v) is 5.98. The maximum Gasteiger partial charge on any atom is 0.247 e. The lowest BCUT2D eigenvalue weighted by molar-refractivity contribution is -0.139. The Balaban J connectivity index is 1.33. The van der Waals surface area contributed by atoms with Gasteiger partial charge in [0.05, 0.1) is 25.3 Å². The topological polar surface area (TPSA) is 73.3 Å². The van der Waals surface area contributed by atoms with Crippen molar-refractivity contribution in [2.75, 3.05) is 44.7 Å². The van der Waals surface area contributed by atoms with E-state index in [0.29, 0.717) is 39.1 Å². The van der Waals surface area contributed by atoms with E-state index < -0.39 is 0 Å². The van der Waals surface area contributed by atoms with Crippen LogP contribution in [0, 0.1) is 0 Å². The Hall–Kier alpha value is -3.06. The smallest absolute Gasteiger partial charge is 0.247 e. The average molecular weight is 409 g/mol. The van der Waals surface area contributed by atoms with Gasteiger partial charge in [0.15, 0.2) is 0 Å². The lowest BCUT2D eigenvalue weighted by Crippen LogP contribution is -2.52. The molecule has 30 heavy (non-hydrogen) atoms. The SMILES string of the molecule is COc1ccc(CCN2C(=O)C[C@@H](N3CCN(c4ccccc4O)CC3)C2=O)cc1. The lowest BCUT2D eigenvalue weighted by Gasteiger charge is -2.38. The van der Waals surface area contributed by atoms with Crippen molar-refractivity contribution in [1.82, 2.24) is 9.80 Å². The van der Waals surface area contributed by atoms with E-state index in [0.717, 1.165) is 17.0 Å². The van der Waals surface area contributed by atoms with E-state index in [-0.39, 0.29) is 30.0 Å². The largest absolute Gasteiger partial charge is 0.506 e. The molecule has 158 valence electrons. The van der Waals surface area contributed by atoms with E-state index in [4.69, 9.17) is 4.74 Å². The summed E-state index contributed by atoms with van der Waals surface area (Å²) < 4.78 is 5.16. The van der Waals surface area contributed by atoms with E-state index in [1.165, 1.54) is 4.90 Å². The number of hydrogen-bond donors (Lipinski definition) is 1. The number of piperazine rings is 1. The van der Waals surface area contributed by atoms with Crippen molar-refractivity contribution < 1.29 is 19.4 Å². The second-order valence-corrected chi connectivity index (χ2v) is 7.71. The molecule has 2 saturated heterocycles. The molecule has 0 aliphatic carbocycles. The van der Waals surface area contributed by atoms with Gasteiger partial charge < -0.3 is 14.7 Å². The molecule has 2 heterocycles. The summed E-state index contributed by atoms with van der Waals surface area (Å²) in [5.74, 6) is 0.865. The van der Waals surface area contributed by atoms with Crippen LogP contribution in [0.5, 0.6) is 11.5 Å². The first-order valence-electron chi connectivity index (χ1n) is 10.3. The van der Waals surface area contributed by atoms with Crippen molar-refractivity contribution in [2.24, 2.45) is 0 Å². The Morgan fingerprint density at radius 2 is 1.70 bits per heavy atom. The molecular weight excluding hydrogens is 382 g/mol. The van der Waals surface area contributed by atoms with Gasteiger partial charge in [0.1, 0.15) is 11.5 Å². The molecule has 4 rings (SSSR count). The van der Waals surface area contributed by atoms with Crippen molar-refractivity contribution in [3.63, 3.8) is 0 Å². The second-order valence-electron chi connectivity index (χ2n) is 7.71. The van der Waals surface area contributed by atoms with Crippen LogP contribution in [0.2, 0.25) is 0 Å². The van der Waals surface area contributed by atoms with Crippen LogP contribution in [0.25, 0.3) is 0 Å². The summed E-state index contributed by atoms with van der Waals surface area (Å²) in [5, 5.41) is 10.1. The van der Waals surface area contributed by atoms with Gasteiger partial charge in [0.25, 0.3) is 0 Å². The van der Waals surface area contributed by atoms with Crippen LogP contribution < -0.4 is 9.64 Å². The highest BCUT2D eigenvalue weighted by Gasteiger charge is 2.42. The van der Waals surface area contributed by atoms with Crippen LogP contribution >= 0.6 is 0 Å². The first-order chi connectivity index (χ1) is 14.6. The third kappa shape index (κ3) is 4.11. The van der Waals surface area contributed by atoms with Gasteiger partial charge in [-0.1, -0.05) is 24.3 Å². The molecule has 2 aliphatic rings. The molecule has 1 N–H and O–H groups in total. The molecule has 7 heteroatoms. The fraction of sp³-hybridized carbons (Fsp3) is 0.391. The Morgan fingerprint density at radius 3 is 2.37 bits per heavy atom. The first kappa shape index (κ1) is 20.2. The fourth-order valence-electron chi connectivity index (χ4n) is 4.23. The molecule has 2 fully saturated rings. The number of anilines is 1. The highest BCUT2D eigenvalue weighted by Crippen LogP contribution is 2.28. The Kier molecular flexibility index (Phi) is 5.90. The molecular formula is C23H27N3O4. The predicted octanol–water partition coefficient (Wildman–Crippen LogP) is 1.89. The number of carbonyl (C=O) groups excluding carboxylic acids is 2. The molecule has 0 saturated carbocycles. The van der Waals surface area contributed by atoms with Gasteiger partial charge in [-0.05, 0) is 36.2 Å². The van der Waals surface area contributed by atoms with Crippen LogP contribution in [0.1, 0.15) is 12.0 Å². The first-order valence-corrected chi connectivity index (χ1v) is 10.3. The molecule has 0 unspecified atom stereocenters. The zero-order chi connectivity index (χ0) is 21.1. The van der Waals surface area contributed by atoms with Crippen LogP contribution in [-0.2, 0) is 16.0 Å². The summed E-state index contributed by atoms with van der Waals surface area (Å²) in [7, 11) is 1.62. The number of phenols is 1. The summed E-state index contributed by atoms with van der Waals surface area (Å²) in [4.78, 5) is 31.1. The van der Waals surface area contributed by atoms with Gasteiger partial charge in [-0.15, -0.1) is 0 Å². The molecule has 0 radical (unpaired) electrons. The van der Waals surface area contributed by atoms with Crippen molar-refractivity contribution >= 4 is 17.5 Å². The van der Waals surface area contributed by atoms with Gasteiger partial charge in [0.2, 0.25) is 11.8 Å². The number of likely N-dealkylation sites (tertiary alicyclic amines) is 1. The zero-order valence-electron chi connectivity index (χ0n) is 17.2. The lowest BCUT2D eigenvalue weighted by atomic mass is 10.1. The maximum absolute atomic E-state index is 12.9. The van der Waals surface area contributed by atoms with Crippen LogP contribution in [0.3, 0.4) is 0 Å². The van der Waals surface area contributed by atoms with Crippen LogP contribution in [0.4, 0.5) is 5.69 Å². The molecule has 2 aromatic rings. The summed E-state index contributed by atoms with van der Waals surface area (Å²) in [6, 6.07) is 14.6. The maximum atomic E-state index is 12.9. The normalized spacial score (nSPS) is 20.1. The molecule has 7 nitrogen and oxygen atoms in total. The number of aromatic hydroxyl groups is 1. The van der Waals surface area contributed by atoms with Crippen LogP contribution in [-0.4, -0.2) is 72.6 Å². The van der Waals surface area contributed by atoms with Gasteiger partial charge in [0, 0.05) is 32.7 Å². The number of rotatable bonds is 6. The molecule has 2 amide bonds. The molecule has 1 atom stereocenters. The minimum Gasteiger partial charge on any atom is -0.506 e. The highest BCUT2D eigenvalue weighted by molar-refractivity contribution is 6.05. The van der Waals surface area contributed by atoms with E-state index in [1.54, 1.807) is 19.2 Å². The van der Waals surface area contributed by atoms with E-state index in [2.05, 4.69) is 9.80 Å². The number of phenolic OH excluding ortho intramolecular Hbond substituents is 1. The zero-order valence-corrected chi connectivity index (χ0v) is 17.2. The summed E-state index contributed by atoms with van der Waals surface area (Å²) in [6.45, 7) is 3.19. The standard InChI is InChI=1S/C23H27N3O4/c1-30-18-8-6-17(7-9-18)10-11-26-22(28)16-20(23(26)29)25-14-12-24(13-15-25)19-4-2-3-5-21(19)27/h2-9,20,27H,10-16H2,1H3/t20-/m1/s1. The van der Waals surface area contributed by atoms with Crippen molar-refractivity contribution in [2.45, 2.75) is 18.9 Å². The highest BCUT2D eigenvalue weighted by atomic mass is 16.5. The van der Waals surface area contributed by atoms with Crippen molar-refractivity contribution in [1.29, 1.82) is 0 Å². The van der Waals surface area contributed by atoms with Gasteiger partial charge >= 0.3 is 0 Å². The number of amides is 2. The van der Waals surface area contributed by atoms with Crippen molar-refractivity contribution in [3.05, 3.63) is 54.1 Å². The Morgan fingerprint density at radius 1 is 1.00 bits per heavy atom. The van der Waals surface area contributed by atoms with E-state index >= 15 is 0 Å².